The van der Waals surface area contributed by atoms with Crippen molar-refractivity contribution >= 4 is 71.3 Å². The van der Waals surface area contributed by atoms with Crippen molar-refractivity contribution in [1.29, 1.82) is 0 Å². The third kappa shape index (κ3) is 5.20. The number of fused-ring (bicyclic) bond motifs is 10. The Bertz CT molecular complexity index is 3520. The molecule has 11 aromatic rings. The third-order valence-electron chi connectivity index (χ3n) is 12.7. The van der Waals surface area contributed by atoms with E-state index in [1.807, 2.05) is 6.07 Å². The van der Waals surface area contributed by atoms with E-state index in [0.29, 0.717) is 0 Å². The molecular weight excluding hydrogens is 727 g/mol. The molecule has 0 spiro atoms. The van der Waals surface area contributed by atoms with Crippen LogP contribution in [0.15, 0.2) is 199 Å². The van der Waals surface area contributed by atoms with Crippen molar-refractivity contribution in [3.63, 3.8) is 0 Å². The standard InChI is InChI=1S/C58H41NO/c1-58(2,3)51-25-13-14-26-52(51)59(53-27-16-24-44-41-21-12-15-28-54(41)60-57(44)53)40-30-29-38-32-45-46(33-39(38)31-40)48-35-50-49(34-47(45)48)55(36-17-6-4-7-18-36)42-22-10-11-23-43(42)56(50)37-19-8-5-9-20-37/h4-35H,1-3H3. The molecule has 0 amide bonds. The maximum Gasteiger partial charge on any atom is 0.159 e. The second-order valence-electron chi connectivity index (χ2n) is 17.3. The van der Waals surface area contributed by atoms with Crippen molar-refractivity contribution in [2.45, 2.75) is 26.2 Å². The Kier molecular flexibility index (Phi) is 7.52. The van der Waals surface area contributed by atoms with Crippen LogP contribution < -0.4 is 4.90 Å². The molecule has 284 valence electrons. The van der Waals surface area contributed by atoms with Gasteiger partial charge in [0.1, 0.15) is 5.58 Å². The van der Waals surface area contributed by atoms with Gasteiger partial charge in [0.25, 0.3) is 0 Å². The number of benzene rings is 10. The van der Waals surface area contributed by atoms with Crippen molar-refractivity contribution in [2.24, 2.45) is 0 Å². The Balaban J connectivity index is 1.08. The van der Waals surface area contributed by atoms with Crippen molar-refractivity contribution < 1.29 is 4.42 Å². The molecule has 0 unspecified atom stereocenters. The smallest absolute Gasteiger partial charge is 0.159 e. The fourth-order valence-electron chi connectivity index (χ4n) is 9.93. The van der Waals surface area contributed by atoms with Gasteiger partial charge in [-0.2, -0.15) is 0 Å². The summed E-state index contributed by atoms with van der Waals surface area (Å²) in [6, 6.07) is 71.2. The minimum absolute atomic E-state index is 0.0901. The van der Waals surface area contributed by atoms with Crippen LogP contribution in [-0.4, -0.2) is 0 Å². The first kappa shape index (κ1) is 34.6. The van der Waals surface area contributed by atoms with Crippen LogP contribution in [0.3, 0.4) is 0 Å². The van der Waals surface area contributed by atoms with Gasteiger partial charge in [0.05, 0.1) is 5.69 Å². The van der Waals surface area contributed by atoms with Crippen molar-refractivity contribution in [3.05, 3.63) is 200 Å². The summed E-state index contributed by atoms with van der Waals surface area (Å²) in [6.07, 6.45) is 0. The van der Waals surface area contributed by atoms with Gasteiger partial charge < -0.3 is 9.32 Å². The molecule has 1 aliphatic carbocycles. The molecule has 60 heavy (non-hydrogen) atoms. The summed E-state index contributed by atoms with van der Waals surface area (Å²) in [5.41, 5.74) is 16.5. The fraction of sp³-hybridized carbons (Fsp3) is 0.0690. The molecule has 0 atom stereocenters. The first-order valence-corrected chi connectivity index (χ1v) is 20.9. The number of anilines is 3. The molecule has 2 nitrogen and oxygen atoms in total. The highest BCUT2D eigenvalue weighted by Crippen LogP contribution is 2.54. The predicted octanol–water partition coefficient (Wildman–Crippen LogP) is 16.8. The topological polar surface area (TPSA) is 16.4 Å². The van der Waals surface area contributed by atoms with Gasteiger partial charge in [0, 0.05) is 22.1 Å². The van der Waals surface area contributed by atoms with Gasteiger partial charge in [-0.3, -0.25) is 0 Å². The summed E-state index contributed by atoms with van der Waals surface area (Å²) in [5, 5.41) is 9.78. The van der Waals surface area contributed by atoms with Gasteiger partial charge in [-0.25, -0.2) is 0 Å². The largest absolute Gasteiger partial charge is 0.454 e. The number of para-hydroxylation sites is 3. The monoisotopic (exact) mass is 767 g/mol. The van der Waals surface area contributed by atoms with Crippen molar-refractivity contribution in [3.8, 4) is 44.5 Å². The number of hydrogen-bond donors (Lipinski definition) is 0. The lowest BCUT2D eigenvalue weighted by molar-refractivity contribution is 0.591. The van der Waals surface area contributed by atoms with E-state index >= 15 is 0 Å². The van der Waals surface area contributed by atoms with Crippen LogP contribution in [0.1, 0.15) is 26.3 Å². The second-order valence-corrected chi connectivity index (χ2v) is 17.3. The number of hydrogen-bond acceptors (Lipinski definition) is 2. The lowest BCUT2D eigenvalue weighted by Gasteiger charge is -2.32. The molecule has 10 aromatic carbocycles. The molecule has 0 saturated heterocycles. The minimum Gasteiger partial charge on any atom is -0.454 e. The maximum atomic E-state index is 6.70. The highest BCUT2D eigenvalue weighted by atomic mass is 16.3. The highest BCUT2D eigenvalue weighted by Gasteiger charge is 2.29. The quantitative estimate of drug-likeness (QED) is 0.162. The summed E-state index contributed by atoms with van der Waals surface area (Å²) in [4.78, 5) is 2.41. The lowest BCUT2D eigenvalue weighted by Crippen LogP contribution is -2.19. The third-order valence-corrected chi connectivity index (χ3v) is 12.7. The molecule has 1 aromatic heterocycles. The van der Waals surface area contributed by atoms with Crippen LogP contribution in [0.4, 0.5) is 17.1 Å². The molecule has 12 rings (SSSR count). The van der Waals surface area contributed by atoms with E-state index < -0.39 is 0 Å². The van der Waals surface area contributed by atoms with E-state index in [9.17, 15) is 0 Å². The molecule has 2 heteroatoms. The molecule has 0 bridgehead atoms. The number of rotatable bonds is 5. The predicted molar refractivity (Wildman–Crippen MR) is 255 cm³/mol. The maximum absolute atomic E-state index is 6.70. The number of furan rings is 1. The van der Waals surface area contributed by atoms with Crippen molar-refractivity contribution in [1.82, 2.24) is 0 Å². The first-order valence-electron chi connectivity index (χ1n) is 20.9. The van der Waals surface area contributed by atoms with Gasteiger partial charge in [0.2, 0.25) is 0 Å². The van der Waals surface area contributed by atoms with Crippen LogP contribution in [0.2, 0.25) is 0 Å². The Morgan fingerprint density at radius 3 is 1.55 bits per heavy atom. The van der Waals surface area contributed by atoms with Gasteiger partial charge in [-0.15, -0.1) is 0 Å². The zero-order valence-electron chi connectivity index (χ0n) is 33.8. The van der Waals surface area contributed by atoms with Gasteiger partial charge in [-0.05, 0) is 142 Å². The summed E-state index contributed by atoms with van der Waals surface area (Å²) >= 11 is 0. The van der Waals surface area contributed by atoms with Crippen LogP contribution in [0.5, 0.6) is 0 Å². The summed E-state index contributed by atoms with van der Waals surface area (Å²) in [7, 11) is 0. The Morgan fingerprint density at radius 2 is 0.900 bits per heavy atom. The van der Waals surface area contributed by atoms with Crippen molar-refractivity contribution in [2.75, 3.05) is 4.90 Å². The Labute approximate surface area is 349 Å². The summed E-state index contributed by atoms with van der Waals surface area (Å²) in [5.74, 6) is 0. The molecule has 0 N–H and O–H groups in total. The minimum atomic E-state index is -0.0901. The molecular formula is C58H41NO. The normalized spacial score (nSPS) is 12.2. The summed E-state index contributed by atoms with van der Waals surface area (Å²) in [6.45, 7) is 6.88. The first-order chi connectivity index (χ1) is 29.4. The van der Waals surface area contributed by atoms with Crippen LogP contribution in [0.25, 0.3) is 98.8 Å². The average molecular weight is 768 g/mol. The molecule has 0 aliphatic heterocycles. The van der Waals surface area contributed by atoms with Crippen LogP contribution in [-0.2, 0) is 5.41 Å². The van der Waals surface area contributed by atoms with Gasteiger partial charge >= 0.3 is 0 Å². The van der Waals surface area contributed by atoms with E-state index in [-0.39, 0.29) is 5.41 Å². The molecule has 1 aliphatic rings. The van der Waals surface area contributed by atoms with E-state index in [2.05, 4.69) is 214 Å². The van der Waals surface area contributed by atoms with E-state index in [1.54, 1.807) is 0 Å². The van der Waals surface area contributed by atoms with Crippen LogP contribution in [0, 0.1) is 0 Å². The fourth-order valence-corrected chi connectivity index (χ4v) is 9.93. The zero-order chi connectivity index (χ0) is 40.1. The molecule has 0 fully saturated rings. The van der Waals surface area contributed by atoms with E-state index in [4.69, 9.17) is 4.42 Å². The second kappa shape index (κ2) is 13.0. The van der Waals surface area contributed by atoms with E-state index in [0.717, 1.165) is 39.0 Å². The van der Waals surface area contributed by atoms with E-state index in [1.165, 1.54) is 82.4 Å². The molecule has 1 heterocycles. The Hall–Kier alpha value is -7.42. The summed E-state index contributed by atoms with van der Waals surface area (Å²) < 4.78 is 6.70. The molecule has 0 radical (unpaired) electrons. The van der Waals surface area contributed by atoms with Gasteiger partial charge in [0.15, 0.2) is 5.58 Å². The van der Waals surface area contributed by atoms with Crippen LogP contribution >= 0.6 is 0 Å². The average Bonchev–Trinajstić information content (AvgIpc) is 3.67. The lowest BCUT2D eigenvalue weighted by atomic mass is 9.75. The van der Waals surface area contributed by atoms with Gasteiger partial charge in [-0.1, -0.05) is 160 Å². The molecule has 0 saturated carbocycles. The number of nitrogens with zero attached hydrogens (tertiary/aromatic N) is 1. The Morgan fingerprint density at radius 1 is 0.383 bits per heavy atom. The zero-order valence-corrected chi connectivity index (χ0v) is 33.8. The highest BCUT2D eigenvalue weighted by molar-refractivity contribution is 6.25. The SMILES string of the molecule is CC(C)(C)c1ccccc1N(c1ccc2cc3c(cc2c1)-c1cc2c(-c4ccccc4)c4ccccc4c(-c4ccccc4)c2cc1-3)c1cccc2c1oc1ccccc12.